The van der Waals surface area contributed by atoms with Gasteiger partial charge in [-0.2, -0.15) is 0 Å². The van der Waals surface area contributed by atoms with Gasteiger partial charge in [0.05, 0.1) is 6.20 Å². The van der Waals surface area contributed by atoms with Crippen molar-refractivity contribution < 1.29 is 14.0 Å². The fourth-order valence-corrected chi connectivity index (χ4v) is 1.65. The maximum Gasteiger partial charge on any atom is 0.266 e. The summed E-state index contributed by atoms with van der Waals surface area (Å²) in [6, 6.07) is 6.06. The van der Waals surface area contributed by atoms with Crippen molar-refractivity contribution in [2.45, 2.75) is 12.8 Å². The number of nitrogens with zero attached hydrogens (tertiary/aromatic N) is 1. The van der Waals surface area contributed by atoms with E-state index in [9.17, 15) is 14.0 Å². The predicted molar refractivity (Wildman–Crippen MR) is 70.5 cm³/mol. The van der Waals surface area contributed by atoms with E-state index >= 15 is 0 Å². The van der Waals surface area contributed by atoms with Crippen molar-refractivity contribution >= 4 is 17.8 Å². The van der Waals surface area contributed by atoms with E-state index in [1.807, 2.05) is 0 Å². The molecule has 0 aliphatic carbocycles. The monoisotopic (exact) mass is 276 g/mol. The van der Waals surface area contributed by atoms with E-state index in [4.69, 9.17) is 5.73 Å². The largest absolute Gasteiger partial charge is 0.364 e. The second-order valence-electron chi connectivity index (χ2n) is 4.19. The molecule has 2 aromatic rings. The van der Waals surface area contributed by atoms with E-state index in [1.165, 1.54) is 18.3 Å². The Morgan fingerprint density at radius 2 is 2.20 bits per heavy atom. The Bertz CT molecular complexity index is 639. The summed E-state index contributed by atoms with van der Waals surface area (Å²) in [6.45, 7) is 0. The summed E-state index contributed by atoms with van der Waals surface area (Å²) in [5.74, 6) is -1.12. The number of halogens is 1. The van der Waals surface area contributed by atoms with Crippen LogP contribution in [0, 0.1) is 5.82 Å². The summed E-state index contributed by atoms with van der Waals surface area (Å²) >= 11 is 0. The smallest absolute Gasteiger partial charge is 0.266 e. The number of aromatic nitrogens is 2. The molecule has 0 aliphatic rings. The molecule has 0 atom stereocenters. The third kappa shape index (κ3) is 3.64. The number of imidazole rings is 1. The number of primary amides is 1. The highest BCUT2D eigenvalue weighted by Gasteiger charge is 2.08. The van der Waals surface area contributed by atoms with E-state index in [0.717, 1.165) is 5.56 Å². The molecule has 0 spiro atoms. The highest BCUT2D eigenvalue weighted by atomic mass is 19.1. The molecule has 1 aromatic heterocycles. The molecule has 0 saturated heterocycles. The number of anilines is 1. The molecule has 0 saturated carbocycles. The zero-order valence-corrected chi connectivity index (χ0v) is 10.5. The third-order valence-electron chi connectivity index (χ3n) is 2.63. The maximum absolute atomic E-state index is 13.0. The SMILES string of the molecule is NC(=O)c1cnc(NC(=O)CCc2cccc(F)c2)[nH]1. The standard InChI is InChI=1S/C13H13FN4O2/c14-9-3-1-2-8(6-9)4-5-11(19)18-13-16-7-10(17-13)12(15)20/h1-3,6-7H,4-5H2,(H2,15,20)(H2,16,17,18,19). The van der Waals surface area contributed by atoms with Crippen molar-refractivity contribution in [3.05, 3.63) is 47.5 Å². The molecule has 2 amide bonds. The first-order valence-corrected chi connectivity index (χ1v) is 5.93. The van der Waals surface area contributed by atoms with Crippen molar-refractivity contribution in [2.24, 2.45) is 5.73 Å². The van der Waals surface area contributed by atoms with Gasteiger partial charge in [-0.15, -0.1) is 0 Å². The van der Waals surface area contributed by atoms with Gasteiger partial charge in [0.1, 0.15) is 11.5 Å². The first-order chi connectivity index (χ1) is 9.54. The quantitative estimate of drug-likeness (QED) is 0.765. The fraction of sp³-hybridized carbons (Fsp3) is 0.154. The number of nitrogens with two attached hydrogens (primary N) is 1. The molecule has 7 heteroatoms. The van der Waals surface area contributed by atoms with Gasteiger partial charge in [-0.25, -0.2) is 9.37 Å². The van der Waals surface area contributed by atoms with Crippen LogP contribution in [0.3, 0.4) is 0 Å². The zero-order valence-electron chi connectivity index (χ0n) is 10.5. The lowest BCUT2D eigenvalue weighted by Gasteiger charge is -2.02. The summed E-state index contributed by atoms with van der Waals surface area (Å²) < 4.78 is 13.0. The Morgan fingerprint density at radius 3 is 2.85 bits per heavy atom. The van der Waals surface area contributed by atoms with Gasteiger partial charge in [0.25, 0.3) is 5.91 Å². The zero-order chi connectivity index (χ0) is 14.5. The van der Waals surface area contributed by atoms with Gasteiger partial charge in [-0.1, -0.05) is 12.1 Å². The van der Waals surface area contributed by atoms with Crippen LogP contribution in [-0.2, 0) is 11.2 Å². The van der Waals surface area contributed by atoms with Crippen LogP contribution < -0.4 is 11.1 Å². The summed E-state index contributed by atoms with van der Waals surface area (Å²) in [6.07, 6.45) is 1.83. The minimum atomic E-state index is -0.655. The van der Waals surface area contributed by atoms with Crippen molar-refractivity contribution in [3.63, 3.8) is 0 Å². The molecule has 0 radical (unpaired) electrons. The molecule has 2 rings (SSSR count). The molecule has 0 bridgehead atoms. The molecule has 1 aromatic carbocycles. The molecule has 0 unspecified atom stereocenters. The molecular weight excluding hydrogens is 263 g/mol. The van der Waals surface area contributed by atoms with E-state index in [1.54, 1.807) is 12.1 Å². The van der Waals surface area contributed by atoms with E-state index in [-0.39, 0.29) is 29.8 Å². The van der Waals surface area contributed by atoms with Crippen molar-refractivity contribution in [2.75, 3.05) is 5.32 Å². The van der Waals surface area contributed by atoms with Crippen LogP contribution in [0.2, 0.25) is 0 Å². The number of carbonyl (C=O) groups excluding carboxylic acids is 2. The topological polar surface area (TPSA) is 101 Å². The lowest BCUT2D eigenvalue weighted by Crippen LogP contribution is -2.14. The molecular formula is C13H13FN4O2. The van der Waals surface area contributed by atoms with Crippen molar-refractivity contribution in [1.29, 1.82) is 0 Å². The minimum Gasteiger partial charge on any atom is -0.364 e. The van der Waals surface area contributed by atoms with Crippen LogP contribution in [0.4, 0.5) is 10.3 Å². The van der Waals surface area contributed by atoms with E-state index in [0.29, 0.717) is 6.42 Å². The number of aryl methyl sites for hydroxylation is 1. The fourth-order valence-electron chi connectivity index (χ4n) is 1.65. The van der Waals surface area contributed by atoms with Crippen molar-refractivity contribution in [1.82, 2.24) is 9.97 Å². The maximum atomic E-state index is 13.0. The second kappa shape index (κ2) is 5.96. The van der Waals surface area contributed by atoms with Gasteiger partial charge in [-0.05, 0) is 24.1 Å². The lowest BCUT2D eigenvalue weighted by atomic mass is 10.1. The van der Waals surface area contributed by atoms with Crippen LogP contribution in [0.15, 0.2) is 30.5 Å². The Kier molecular flexibility index (Phi) is 4.09. The first-order valence-electron chi connectivity index (χ1n) is 5.93. The number of amides is 2. The van der Waals surface area contributed by atoms with Crippen LogP contribution in [0.1, 0.15) is 22.5 Å². The molecule has 0 fully saturated rings. The third-order valence-corrected chi connectivity index (χ3v) is 2.63. The second-order valence-corrected chi connectivity index (χ2v) is 4.19. The number of hydrogen-bond donors (Lipinski definition) is 3. The van der Waals surface area contributed by atoms with Crippen molar-refractivity contribution in [3.8, 4) is 0 Å². The first kappa shape index (κ1) is 13.7. The molecule has 0 aliphatic heterocycles. The summed E-state index contributed by atoms with van der Waals surface area (Å²) in [4.78, 5) is 28.9. The molecule has 20 heavy (non-hydrogen) atoms. The number of H-pyrrole nitrogens is 1. The van der Waals surface area contributed by atoms with E-state index < -0.39 is 5.91 Å². The molecule has 1 heterocycles. The molecule has 4 N–H and O–H groups in total. The number of aromatic amines is 1. The van der Waals surface area contributed by atoms with Gasteiger partial charge in [0.15, 0.2) is 0 Å². The lowest BCUT2D eigenvalue weighted by molar-refractivity contribution is -0.116. The van der Waals surface area contributed by atoms with Gasteiger partial charge >= 0.3 is 0 Å². The average molecular weight is 276 g/mol. The minimum absolute atomic E-state index is 0.116. The summed E-state index contributed by atoms with van der Waals surface area (Å²) in [5.41, 5.74) is 5.90. The van der Waals surface area contributed by atoms with Crippen LogP contribution in [0.5, 0.6) is 0 Å². The number of hydrogen-bond acceptors (Lipinski definition) is 3. The van der Waals surface area contributed by atoms with Gasteiger partial charge in [0.2, 0.25) is 11.9 Å². The van der Waals surface area contributed by atoms with Crippen LogP contribution in [0.25, 0.3) is 0 Å². The highest BCUT2D eigenvalue weighted by molar-refractivity contribution is 5.93. The predicted octanol–water partition coefficient (Wildman–Crippen LogP) is 1.22. The van der Waals surface area contributed by atoms with Crippen LogP contribution >= 0.6 is 0 Å². The highest BCUT2D eigenvalue weighted by Crippen LogP contribution is 2.07. The number of rotatable bonds is 5. The Morgan fingerprint density at radius 1 is 1.40 bits per heavy atom. The summed E-state index contributed by atoms with van der Waals surface area (Å²) in [7, 11) is 0. The summed E-state index contributed by atoms with van der Waals surface area (Å²) in [5, 5.41) is 2.49. The van der Waals surface area contributed by atoms with Gasteiger partial charge < -0.3 is 10.7 Å². The number of nitrogens with one attached hydrogen (secondary N) is 2. The van der Waals surface area contributed by atoms with Gasteiger partial charge in [-0.3, -0.25) is 14.9 Å². The Balaban J connectivity index is 1.87. The van der Waals surface area contributed by atoms with Gasteiger partial charge in [0, 0.05) is 6.42 Å². The van der Waals surface area contributed by atoms with E-state index in [2.05, 4.69) is 15.3 Å². The number of benzene rings is 1. The number of carbonyl (C=O) groups is 2. The average Bonchev–Trinajstić information content (AvgIpc) is 2.85. The normalized spacial score (nSPS) is 10.2. The van der Waals surface area contributed by atoms with Crippen LogP contribution in [-0.4, -0.2) is 21.8 Å². The Hall–Kier alpha value is -2.70. The molecule has 104 valence electrons. The Labute approximate surface area is 114 Å². The molecule has 6 nitrogen and oxygen atoms in total.